The first-order valence-corrected chi connectivity index (χ1v) is 10.9. The summed E-state index contributed by atoms with van der Waals surface area (Å²) in [7, 11) is 0. The number of hydrogen-bond donors (Lipinski definition) is 0. The van der Waals surface area contributed by atoms with Gasteiger partial charge in [0.2, 0.25) is 0 Å². The number of halogens is 4. The van der Waals surface area contributed by atoms with Gasteiger partial charge in [-0.2, -0.15) is 0 Å². The summed E-state index contributed by atoms with van der Waals surface area (Å²) in [5.41, 5.74) is 0.307. The zero-order valence-electron chi connectivity index (χ0n) is 16.9. The van der Waals surface area contributed by atoms with Crippen LogP contribution in [0.5, 0.6) is 0 Å². The van der Waals surface area contributed by atoms with E-state index in [0.29, 0.717) is 17.0 Å². The predicted molar refractivity (Wildman–Crippen MR) is 108 cm³/mol. The fourth-order valence-electron chi connectivity index (χ4n) is 5.16. The lowest BCUT2D eigenvalue weighted by molar-refractivity contribution is 0.339. The summed E-state index contributed by atoms with van der Waals surface area (Å²) in [6, 6.07) is 5.92. The van der Waals surface area contributed by atoms with Crippen LogP contribution in [0.15, 0.2) is 24.3 Å². The van der Waals surface area contributed by atoms with Crippen LogP contribution in [0, 0.1) is 29.2 Å². The molecule has 2 aromatic rings. The first-order valence-electron chi connectivity index (χ1n) is 10.9. The fourth-order valence-corrected chi connectivity index (χ4v) is 5.16. The van der Waals surface area contributed by atoms with Crippen LogP contribution in [0.4, 0.5) is 17.6 Å². The van der Waals surface area contributed by atoms with E-state index in [1.807, 2.05) is 0 Å². The molecule has 2 aliphatic rings. The van der Waals surface area contributed by atoms with Gasteiger partial charge in [-0.3, -0.25) is 0 Å². The Morgan fingerprint density at radius 1 is 0.552 bits per heavy atom. The van der Waals surface area contributed by atoms with Crippen molar-refractivity contribution in [3.8, 4) is 11.1 Å². The maximum absolute atomic E-state index is 14.9. The summed E-state index contributed by atoms with van der Waals surface area (Å²) in [6.45, 7) is 2.17. The van der Waals surface area contributed by atoms with E-state index in [0.717, 1.165) is 57.8 Å². The van der Waals surface area contributed by atoms with Gasteiger partial charge in [-0.05, 0) is 54.6 Å². The van der Waals surface area contributed by atoms with Crippen LogP contribution in [0.1, 0.15) is 87.7 Å². The van der Waals surface area contributed by atoms with Crippen molar-refractivity contribution in [1.82, 2.24) is 0 Å². The van der Waals surface area contributed by atoms with E-state index < -0.39 is 23.3 Å². The zero-order chi connectivity index (χ0) is 20.5. The summed E-state index contributed by atoms with van der Waals surface area (Å²) >= 11 is 0. The highest BCUT2D eigenvalue weighted by Crippen LogP contribution is 2.40. The Labute approximate surface area is 170 Å². The van der Waals surface area contributed by atoms with E-state index in [9.17, 15) is 17.6 Å². The average Bonchev–Trinajstić information content (AvgIpc) is 2.74. The average molecular weight is 404 g/mol. The monoisotopic (exact) mass is 404 g/mol. The molecule has 0 saturated heterocycles. The molecule has 2 aliphatic carbocycles. The van der Waals surface area contributed by atoms with E-state index in [4.69, 9.17) is 0 Å². The molecule has 0 unspecified atom stereocenters. The van der Waals surface area contributed by atoms with Crippen molar-refractivity contribution in [1.29, 1.82) is 0 Å². The van der Waals surface area contributed by atoms with Crippen molar-refractivity contribution in [3.63, 3.8) is 0 Å². The van der Waals surface area contributed by atoms with Gasteiger partial charge in [-0.15, -0.1) is 0 Å². The quantitative estimate of drug-likeness (QED) is 0.452. The molecule has 0 atom stereocenters. The normalized spacial score (nSPS) is 23.3. The molecule has 2 fully saturated rings. The van der Waals surface area contributed by atoms with Crippen molar-refractivity contribution >= 4 is 0 Å². The van der Waals surface area contributed by atoms with Gasteiger partial charge in [0, 0.05) is 11.1 Å². The van der Waals surface area contributed by atoms with Crippen LogP contribution >= 0.6 is 0 Å². The Hall–Kier alpha value is -1.84. The van der Waals surface area contributed by atoms with Crippen LogP contribution in [0.3, 0.4) is 0 Å². The Kier molecular flexibility index (Phi) is 5.98. The minimum atomic E-state index is -1.08. The summed E-state index contributed by atoms with van der Waals surface area (Å²) in [5, 5.41) is 0. The third-order valence-electron chi connectivity index (χ3n) is 7.02. The molecule has 0 amide bonds. The second kappa shape index (κ2) is 8.49. The molecule has 0 aromatic heterocycles. The molecule has 0 N–H and O–H groups in total. The maximum atomic E-state index is 14.9. The van der Waals surface area contributed by atoms with Gasteiger partial charge in [0.1, 0.15) is 0 Å². The number of rotatable bonds is 3. The maximum Gasteiger partial charge on any atom is 0.167 e. The molecular weight excluding hydrogens is 376 g/mol. The minimum absolute atomic E-state index is 0.00459. The predicted octanol–water partition coefficient (Wildman–Crippen LogP) is 8.25. The summed E-state index contributed by atoms with van der Waals surface area (Å²) in [6.07, 6.45) is 8.47. The van der Waals surface area contributed by atoms with Gasteiger partial charge in [-0.1, -0.05) is 63.3 Å². The Morgan fingerprint density at radius 3 is 1.48 bits per heavy atom. The fraction of sp³-hybridized carbons (Fsp3) is 0.520. The first-order chi connectivity index (χ1) is 14.0. The van der Waals surface area contributed by atoms with Crippen LogP contribution in [0.2, 0.25) is 0 Å². The second-order valence-electron chi connectivity index (χ2n) is 8.95. The van der Waals surface area contributed by atoms with Crippen LogP contribution in [0.25, 0.3) is 11.1 Å². The summed E-state index contributed by atoms with van der Waals surface area (Å²) in [4.78, 5) is 0. The van der Waals surface area contributed by atoms with Crippen LogP contribution in [-0.4, -0.2) is 0 Å². The van der Waals surface area contributed by atoms with E-state index in [2.05, 4.69) is 6.92 Å². The Bertz CT molecular complexity index is 875. The van der Waals surface area contributed by atoms with E-state index in [-0.39, 0.29) is 23.0 Å². The van der Waals surface area contributed by atoms with Crippen molar-refractivity contribution in [2.45, 2.75) is 76.5 Å². The smallest absolute Gasteiger partial charge is 0.167 e. The van der Waals surface area contributed by atoms with Gasteiger partial charge in [-0.25, -0.2) is 17.6 Å². The third kappa shape index (κ3) is 3.95. The van der Waals surface area contributed by atoms with Crippen LogP contribution in [-0.2, 0) is 0 Å². The topological polar surface area (TPSA) is 0 Å². The number of hydrogen-bond acceptors (Lipinski definition) is 0. The molecule has 0 radical (unpaired) electrons. The van der Waals surface area contributed by atoms with E-state index in [1.165, 1.54) is 12.1 Å². The lowest BCUT2D eigenvalue weighted by Gasteiger charge is -2.27. The zero-order valence-corrected chi connectivity index (χ0v) is 16.9. The molecule has 4 rings (SSSR count). The molecule has 0 bridgehead atoms. The molecular formula is C25H28F4. The Morgan fingerprint density at radius 2 is 1.00 bits per heavy atom. The highest BCUT2D eigenvalue weighted by molar-refractivity contribution is 5.66. The molecule has 0 aliphatic heterocycles. The summed E-state index contributed by atoms with van der Waals surface area (Å²) < 4.78 is 59.4. The molecule has 2 aromatic carbocycles. The van der Waals surface area contributed by atoms with E-state index in [1.54, 1.807) is 12.1 Å². The van der Waals surface area contributed by atoms with Gasteiger partial charge in [0.15, 0.2) is 23.3 Å². The van der Waals surface area contributed by atoms with Crippen LogP contribution < -0.4 is 0 Å². The highest BCUT2D eigenvalue weighted by atomic mass is 19.2. The van der Waals surface area contributed by atoms with Crippen molar-refractivity contribution in [2.24, 2.45) is 5.92 Å². The molecule has 2 saturated carbocycles. The standard InChI is InChI=1S/C25H28F4/c1-15-7-9-17(10-8-15)19-12-14-21(25(29)23(19)27)20-13-11-18(22(26)24(20)28)16-5-3-2-4-6-16/h11-17H,2-10H2,1H3. The number of benzene rings is 2. The van der Waals surface area contributed by atoms with Crippen molar-refractivity contribution < 1.29 is 17.6 Å². The van der Waals surface area contributed by atoms with Gasteiger partial charge >= 0.3 is 0 Å². The lowest BCUT2D eigenvalue weighted by atomic mass is 9.79. The van der Waals surface area contributed by atoms with Gasteiger partial charge in [0.25, 0.3) is 0 Å². The molecule has 0 spiro atoms. The molecule has 0 nitrogen and oxygen atoms in total. The van der Waals surface area contributed by atoms with Gasteiger partial charge < -0.3 is 0 Å². The largest absolute Gasteiger partial charge is 0.203 e. The van der Waals surface area contributed by atoms with Gasteiger partial charge in [0.05, 0.1) is 0 Å². The molecule has 156 valence electrons. The molecule has 4 heteroatoms. The highest BCUT2D eigenvalue weighted by Gasteiger charge is 2.27. The Balaban J connectivity index is 1.66. The second-order valence-corrected chi connectivity index (χ2v) is 8.95. The first kappa shape index (κ1) is 20.4. The third-order valence-corrected chi connectivity index (χ3v) is 7.02. The lowest BCUT2D eigenvalue weighted by Crippen LogP contribution is -2.13. The summed E-state index contributed by atoms with van der Waals surface area (Å²) in [5.74, 6) is -3.39. The van der Waals surface area contributed by atoms with Crippen molar-refractivity contribution in [2.75, 3.05) is 0 Å². The van der Waals surface area contributed by atoms with Crippen molar-refractivity contribution in [3.05, 3.63) is 58.7 Å². The van der Waals surface area contributed by atoms with E-state index >= 15 is 0 Å². The molecule has 0 heterocycles. The SMILES string of the molecule is CC1CCC(c2ccc(-c3ccc(C4CCCCC4)c(F)c3F)c(F)c2F)CC1. The minimum Gasteiger partial charge on any atom is -0.203 e. The molecule has 29 heavy (non-hydrogen) atoms.